The van der Waals surface area contributed by atoms with E-state index in [1.165, 1.54) is 24.3 Å². The summed E-state index contributed by atoms with van der Waals surface area (Å²) < 4.78 is 67.4. The van der Waals surface area contributed by atoms with Crippen molar-refractivity contribution in [1.82, 2.24) is 9.62 Å². The van der Waals surface area contributed by atoms with Crippen LogP contribution in [0.3, 0.4) is 0 Å². The summed E-state index contributed by atoms with van der Waals surface area (Å²) >= 11 is 0. The number of carbonyl (C=O) groups excluding carboxylic acids is 1. The van der Waals surface area contributed by atoms with Gasteiger partial charge in [-0.1, -0.05) is 36.4 Å². The van der Waals surface area contributed by atoms with Gasteiger partial charge in [0, 0.05) is 25.0 Å². The van der Waals surface area contributed by atoms with Crippen LogP contribution in [0.1, 0.15) is 36.3 Å². The van der Waals surface area contributed by atoms with E-state index in [0.717, 1.165) is 6.07 Å². The Bertz CT molecular complexity index is 1050. The minimum absolute atomic E-state index is 0.147. The molecule has 31 heavy (non-hydrogen) atoms. The summed E-state index contributed by atoms with van der Waals surface area (Å²) in [4.78, 5) is 14.7. The molecule has 9 heteroatoms. The van der Waals surface area contributed by atoms with Gasteiger partial charge >= 0.3 is 6.18 Å². The highest BCUT2D eigenvalue weighted by atomic mass is 32.2. The number of halogens is 3. The maximum absolute atomic E-state index is 13.3. The smallest absolute Gasteiger partial charge is 0.342 e. The average molecular weight is 452 g/mol. The number of benzene rings is 2. The summed E-state index contributed by atoms with van der Waals surface area (Å²) in [5.41, 5.74) is -0.497. The Kier molecular flexibility index (Phi) is 5.83. The number of nitrogens with one attached hydrogen (secondary N) is 1. The zero-order valence-electron chi connectivity index (χ0n) is 16.7. The molecule has 1 aliphatic heterocycles. The Hall–Kier alpha value is -2.39. The Labute approximate surface area is 179 Å². The molecule has 0 spiro atoms. The van der Waals surface area contributed by atoms with Crippen LogP contribution in [-0.4, -0.2) is 38.4 Å². The molecule has 2 fully saturated rings. The van der Waals surface area contributed by atoms with Gasteiger partial charge in [0.1, 0.15) is 0 Å². The lowest BCUT2D eigenvalue weighted by atomic mass is 10.0. The quantitative estimate of drug-likeness (QED) is 0.751. The van der Waals surface area contributed by atoms with Gasteiger partial charge in [0.2, 0.25) is 15.9 Å². The van der Waals surface area contributed by atoms with Crippen molar-refractivity contribution in [3.63, 3.8) is 0 Å². The van der Waals surface area contributed by atoms with Crippen molar-refractivity contribution in [3.05, 3.63) is 65.7 Å². The number of hydrogen-bond acceptors (Lipinski definition) is 3. The molecule has 2 unspecified atom stereocenters. The second-order valence-electron chi connectivity index (χ2n) is 8.07. The van der Waals surface area contributed by atoms with Crippen LogP contribution in [-0.2, 0) is 21.0 Å². The van der Waals surface area contributed by atoms with E-state index in [1.807, 2.05) is 0 Å². The molecular weight excluding hydrogens is 429 g/mol. The molecule has 0 radical (unpaired) electrons. The first-order valence-electron chi connectivity index (χ1n) is 10.2. The third-order valence-corrected chi connectivity index (χ3v) is 7.49. The van der Waals surface area contributed by atoms with E-state index in [0.29, 0.717) is 32.4 Å². The second kappa shape index (κ2) is 8.27. The molecule has 1 N–H and O–H groups in total. The Balaban J connectivity index is 1.34. The number of sulfonamides is 1. The van der Waals surface area contributed by atoms with Crippen molar-refractivity contribution < 1.29 is 26.4 Å². The third-order valence-electron chi connectivity index (χ3n) is 5.96. The molecule has 1 amide bonds. The van der Waals surface area contributed by atoms with Crippen LogP contribution in [0.4, 0.5) is 13.2 Å². The molecule has 0 bridgehead atoms. The van der Waals surface area contributed by atoms with Crippen LogP contribution in [0.5, 0.6) is 0 Å². The van der Waals surface area contributed by atoms with Crippen LogP contribution in [0.25, 0.3) is 0 Å². The number of piperidine rings is 1. The summed E-state index contributed by atoms with van der Waals surface area (Å²) in [6.45, 7) is 0.760. The standard InChI is InChI=1S/C22H23F3N2O3S/c23-22(24,25)20-9-5-4-8-17(20)18-14-19(18)21(28)27-12-10-15(11-13-27)26-31(29,30)16-6-2-1-3-7-16/h1-9,15,18-19,26H,10-14H2. The van der Waals surface area contributed by atoms with Gasteiger partial charge in [0.15, 0.2) is 0 Å². The second-order valence-corrected chi connectivity index (χ2v) is 9.78. The number of nitrogens with zero attached hydrogens (tertiary/aromatic N) is 1. The van der Waals surface area contributed by atoms with Gasteiger partial charge < -0.3 is 4.90 Å². The van der Waals surface area contributed by atoms with Crippen molar-refractivity contribution in [1.29, 1.82) is 0 Å². The van der Waals surface area contributed by atoms with Crippen molar-refractivity contribution in [3.8, 4) is 0 Å². The molecular formula is C22H23F3N2O3S. The van der Waals surface area contributed by atoms with E-state index < -0.39 is 33.6 Å². The van der Waals surface area contributed by atoms with Crippen molar-refractivity contribution in [2.75, 3.05) is 13.1 Å². The molecule has 166 valence electrons. The van der Waals surface area contributed by atoms with E-state index in [-0.39, 0.29) is 22.4 Å². The first kappa shape index (κ1) is 21.8. The molecule has 1 heterocycles. The number of likely N-dealkylation sites (tertiary alicyclic amines) is 1. The van der Waals surface area contributed by atoms with E-state index >= 15 is 0 Å². The highest BCUT2D eigenvalue weighted by Crippen LogP contribution is 2.51. The van der Waals surface area contributed by atoms with E-state index in [1.54, 1.807) is 29.2 Å². The predicted molar refractivity (Wildman–Crippen MR) is 109 cm³/mol. The van der Waals surface area contributed by atoms with Gasteiger partial charge in [0.25, 0.3) is 0 Å². The van der Waals surface area contributed by atoms with Gasteiger partial charge in [-0.05, 0) is 48.9 Å². The van der Waals surface area contributed by atoms with E-state index in [9.17, 15) is 26.4 Å². The summed E-state index contributed by atoms with van der Waals surface area (Å²) in [6.07, 6.45) is -3.10. The molecule has 1 saturated carbocycles. The molecule has 0 aromatic heterocycles. The van der Waals surface area contributed by atoms with Crippen LogP contribution in [0, 0.1) is 5.92 Å². The average Bonchev–Trinajstić information content (AvgIpc) is 3.54. The number of amides is 1. The van der Waals surface area contributed by atoms with E-state index in [2.05, 4.69) is 4.72 Å². The molecule has 2 aromatic carbocycles. The number of rotatable bonds is 5. The normalized spacial score (nSPS) is 22.4. The fourth-order valence-electron chi connectivity index (χ4n) is 4.23. The summed E-state index contributed by atoms with van der Waals surface area (Å²) in [6, 6.07) is 13.2. The summed E-state index contributed by atoms with van der Waals surface area (Å²) in [5, 5.41) is 0. The molecule has 2 atom stereocenters. The molecule has 2 aliphatic rings. The van der Waals surface area contributed by atoms with Crippen LogP contribution in [0.15, 0.2) is 59.5 Å². The first-order valence-corrected chi connectivity index (χ1v) is 11.7. The fraction of sp³-hybridized carbons (Fsp3) is 0.409. The molecule has 1 aliphatic carbocycles. The van der Waals surface area contributed by atoms with Crippen LogP contribution in [0.2, 0.25) is 0 Å². The van der Waals surface area contributed by atoms with Crippen molar-refractivity contribution in [2.45, 2.75) is 42.3 Å². The highest BCUT2D eigenvalue weighted by Gasteiger charge is 2.49. The zero-order valence-corrected chi connectivity index (χ0v) is 17.5. The van der Waals surface area contributed by atoms with E-state index in [4.69, 9.17) is 0 Å². The molecule has 2 aromatic rings. The SMILES string of the molecule is O=C(C1CC1c1ccccc1C(F)(F)F)N1CCC(NS(=O)(=O)c2ccccc2)CC1. The Morgan fingerprint density at radius 2 is 1.58 bits per heavy atom. The predicted octanol–water partition coefficient (Wildman–Crippen LogP) is 3.78. The largest absolute Gasteiger partial charge is 0.416 e. The minimum Gasteiger partial charge on any atom is -0.342 e. The Morgan fingerprint density at radius 1 is 0.968 bits per heavy atom. The molecule has 5 nitrogen and oxygen atoms in total. The third kappa shape index (κ3) is 4.77. The maximum atomic E-state index is 13.3. The van der Waals surface area contributed by atoms with Gasteiger partial charge in [-0.25, -0.2) is 13.1 Å². The van der Waals surface area contributed by atoms with Gasteiger partial charge in [-0.15, -0.1) is 0 Å². The molecule has 1 saturated heterocycles. The lowest BCUT2D eigenvalue weighted by molar-refractivity contribution is -0.139. The summed E-state index contributed by atoms with van der Waals surface area (Å²) in [7, 11) is -3.63. The van der Waals surface area contributed by atoms with Gasteiger partial charge in [-0.3, -0.25) is 4.79 Å². The lowest BCUT2D eigenvalue weighted by Crippen LogP contribution is -2.47. The fourth-order valence-corrected chi connectivity index (χ4v) is 5.56. The zero-order chi connectivity index (χ0) is 22.2. The van der Waals surface area contributed by atoms with Crippen molar-refractivity contribution in [2.24, 2.45) is 5.92 Å². The molecule has 4 rings (SSSR count). The number of alkyl halides is 3. The topological polar surface area (TPSA) is 66.5 Å². The van der Waals surface area contributed by atoms with Crippen molar-refractivity contribution >= 4 is 15.9 Å². The summed E-state index contributed by atoms with van der Waals surface area (Å²) in [5.74, 6) is -1.01. The van der Waals surface area contributed by atoms with Crippen LogP contribution >= 0.6 is 0 Å². The maximum Gasteiger partial charge on any atom is 0.416 e. The number of hydrogen-bond donors (Lipinski definition) is 1. The highest BCUT2D eigenvalue weighted by molar-refractivity contribution is 7.89. The van der Waals surface area contributed by atoms with Gasteiger partial charge in [0.05, 0.1) is 10.5 Å². The minimum atomic E-state index is -4.44. The monoisotopic (exact) mass is 452 g/mol. The first-order chi connectivity index (χ1) is 14.7. The van der Waals surface area contributed by atoms with Crippen LogP contribution < -0.4 is 4.72 Å². The lowest BCUT2D eigenvalue weighted by Gasteiger charge is -2.32. The van der Waals surface area contributed by atoms with Gasteiger partial charge in [-0.2, -0.15) is 13.2 Å². The number of carbonyl (C=O) groups is 1. The Morgan fingerprint density at radius 3 is 2.23 bits per heavy atom.